The maximum Gasteiger partial charge on any atom is 0.143 e. The highest BCUT2D eigenvalue weighted by Crippen LogP contribution is 2.45. The number of para-hydroxylation sites is 2. The molecule has 0 unspecified atom stereocenters. The number of benzene rings is 10. The summed E-state index contributed by atoms with van der Waals surface area (Å²) in [7, 11) is 0. The minimum absolute atomic E-state index is 0.103. The van der Waals surface area contributed by atoms with Crippen LogP contribution in [-0.2, 0) is 0 Å². The zero-order valence-electron chi connectivity index (χ0n) is 34.3. The number of fused-ring (bicyclic) bond motifs is 7. The summed E-state index contributed by atoms with van der Waals surface area (Å²) in [6.45, 7) is 0. The molecular formula is C54H35NO. The van der Waals surface area contributed by atoms with Gasteiger partial charge in [0.25, 0.3) is 0 Å². The largest absolute Gasteiger partial charge is 0.455 e. The molecule has 0 spiro atoms. The molecule has 0 aliphatic carbocycles. The lowest BCUT2D eigenvalue weighted by Crippen LogP contribution is -2.11. The quantitative estimate of drug-likeness (QED) is 0.170. The predicted molar refractivity (Wildman–Crippen MR) is 237 cm³/mol. The second kappa shape index (κ2) is 13.2. The van der Waals surface area contributed by atoms with Gasteiger partial charge in [-0.3, -0.25) is 0 Å². The standard InChI is InChI=1S/C54H35NO/c1-2-13-40-35-41(24-23-36(40)11-1)37-25-29-42(30-26-37)55(43-31-27-39(28-32-43)45-18-9-14-38-12-3-4-15-44(38)45)52-21-7-5-16-48(52)46-19-10-20-50-47(46)33-34-51-49-17-6-8-22-53(49)56-54(50)51/h1-35H/i25D,26D,29D,30D. The Balaban J connectivity index is 1.14. The van der Waals surface area contributed by atoms with E-state index in [1.54, 1.807) is 0 Å². The van der Waals surface area contributed by atoms with E-state index in [0.29, 0.717) is 16.9 Å². The lowest BCUT2D eigenvalue weighted by atomic mass is 9.94. The third kappa shape index (κ3) is 5.34. The van der Waals surface area contributed by atoms with Gasteiger partial charge in [-0.1, -0.05) is 164 Å². The van der Waals surface area contributed by atoms with Crippen molar-refractivity contribution in [2.24, 2.45) is 0 Å². The van der Waals surface area contributed by atoms with Gasteiger partial charge >= 0.3 is 0 Å². The molecular weight excluding hydrogens is 679 g/mol. The lowest BCUT2D eigenvalue weighted by Gasteiger charge is -2.28. The van der Waals surface area contributed by atoms with Gasteiger partial charge in [-0.15, -0.1) is 0 Å². The van der Waals surface area contributed by atoms with Crippen LogP contribution in [0.4, 0.5) is 17.1 Å². The monoisotopic (exact) mass is 717 g/mol. The third-order valence-electron chi connectivity index (χ3n) is 10.9. The fourth-order valence-electron chi connectivity index (χ4n) is 8.23. The van der Waals surface area contributed by atoms with E-state index in [0.717, 1.165) is 76.5 Å². The summed E-state index contributed by atoms with van der Waals surface area (Å²) >= 11 is 0. The maximum absolute atomic E-state index is 9.69. The minimum Gasteiger partial charge on any atom is -0.455 e. The molecule has 11 aromatic rings. The molecule has 10 aromatic carbocycles. The van der Waals surface area contributed by atoms with Crippen LogP contribution in [0, 0.1) is 0 Å². The average molecular weight is 718 g/mol. The van der Waals surface area contributed by atoms with Gasteiger partial charge in [0.15, 0.2) is 0 Å². The van der Waals surface area contributed by atoms with E-state index in [2.05, 4.69) is 84.9 Å². The molecule has 0 bridgehead atoms. The molecule has 0 aliphatic heterocycles. The van der Waals surface area contributed by atoms with Crippen LogP contribution < -0.4 is 4.90 Å². The summed E-state index contributed by atoms with van der Waals surface area (Å²) in [5, 5.41) is 8.39. The highest BCUT2D eigenvalue weighted by atomic mass is 16.3. The van der Waals surface area contributed by atoms with E-state index >= 15 is 0 Å². The molecule has 2 heteroatoms. The zero-order chi connectivity index (χ0) is 40.5. The molecule has 11 rings (SSSR count). The number of hydrogen-bond acceptors (Lipinski definition) is 2. The molecule has 2 nitrogen and oxygen atoms in total. The first-order chi connectivity index (χ1) is 29.4. The molecule has 0 saturated carbocycles. The van der Waals surface area contributed by atoms with Crippen LogP contribution in [-0.4, -0.2) is 0 Å². The number of rotatable bonds is 6. The van der Waals surface area contributed by atoms with Crippen LogP contribution in [0.5, 0.6) is 0 Å². The predicted octanol–water partition coefficient (Wildman–Crippen LogP) is 15.5. The molecule has 1 heterocycles. The van der Waals surface area contributed by atoms with Crippen molar-refractivity contribution in [3.63, 3.8) is 0 Å². The van der Waals surface area contributed by atoms with Crippen molar-refractivity contribution in [3.8, 4) is 33.4 Å². The molecule has 262 valence electrons. The van der Waals surface area contributed by atoms with Crippen molar-refractivity contribution in [2.75, 3.05) is 4.90 Å². The first kappa shape index (κ1) is 28.1. The summed E-state index contributed by atoms with van der Waals surface area (Å²) in [4.78, 5) is 1.89. The molecule has 0 N–H and O–H groups in total. The van der Waals surface area contributed by atoms with Gasteiger partial charge in [0.05, 0.1) is 11.2 Å². The Kier molecular flexibility index (Phi) is 6.60. The van der Waals surface area contributed by atoms with Crippen molar-refractivity contribution in [1.82, 2.24) is 0 Å². The fraction of sp³-hybridized carbons (Fsp3) is 0. The van der Waals surface area contributed by atoms with Crippen LogP contribution in [0.1, 0.15) is 5.48 Å². The van der Waals surface area contributed by atoms with Gasteiger partial charge in [0.1, 0.15) is 11.2 Å². The van der Waals surface area contributed by atoms with Gasteiger partial charge in [0.2, 0.25) is 0 Å². The van der Waals surface area contributed by atoms with Crippen molar-refractivity contribution < 1.29 is 9.90 Å². The molecule has 1 aromatic heterocycles. The van der Waals surface area contributed by atoms with Crippen LogP contribution in [0.3, 0.4) is 0 Å². The van der Waals surface area contributed by atoms with Crippen molar-refractivity contribution in [1.29, 1.82) is 0 Å². The normalized spacial score (nSPS) is 12.6. The summed E-state index contributed by atoms with van der Waals surface area (Å²) in [6, 6.07) is 62.7. The smallest absolute Gasteiger partial charge is 0.143 e. The van der Waals surface area contributed by atoms with Crippen LogP contribution in [0.25, 0.3) is 87.6 Å². The van der Waals surface area contributed by atoms with Gasteiger partial charge in [-0.2, -0.15) is 0 Å². The Morgan fingerprint density at radius 3 is 1.84 bits per heavy atom. The second-order valence-corrected chi connectivity index (χ2v) is 14.2. The van der Waals surface area contributed by atoms with E-state index < -0.39 is 0 Å². The van der Waals surface area contributed by atoms with Gasteiger partial charge < -0.3 is 9.32 Å². The maximum atomic E-state index is 9.69. The van der Waals surface area contributed by atoms with E-state index in [-0.39, 0.29) is 35.4 Å². The van der Waals surface area contributed by atoms with Crippen LogP contribution in [0.2, 0.25) is 0 Å². The topological polar surface area (TPSA) is 16.4 Å². The average Bonchev–Trinajstić information content (AvgIpc) is 3.69. The number of hydrogen-bond donors (Lipinski definition) is 0. The van der Waals surface area contributed by atoms with E-state index in [9.17, 15) is 5.48 Å². The van der Waals surface area contributed by atoms with Crippen molar-refractivity contribution in [2.45, 2.75) is 0 Å². The molecule has 0 radical (unpaired) electrons. The number of nitrogens with zero attached hydrogens (tertiary/aromatic N) is 1. The highest BCUT2D eigenvalue weighted by Gasteiger charge is 2.20. The second-order valence-electron chi connectivity index (χ2n) is 14.2. The summed E-state index contributed by atoms with van der Waals surface area (Å²) in [5.41, 5.74) is 8.08. The fourth-order valence-corrected chi connectivity index (χ4v) is 8.23. The van der Waals surface area contributed by atoms with Gasteiger partial charge in [0, 0.05) is 33.1 Å². The van der Waals surface area contributed by atoms with E-state index in [1.807, 2.05) is 108 Å². The molecule has 0 atom stereocenters. The molecule has 0 saturated heterocycles. The summed E-state index contributed by atoms with van der Waals surface area (Å²) in [5.74, 6) is 0. The first-order valence-corrected chi connectivity index (χ1v) is 18.8. The summed E-state index contributed by atoms with van der Waals surface area (Å²) < 4.78 is 44.8. The van der Waals surface area contributed by atoms with Crippen molar-refractivity contribution in [3.05, 3.63) is 212 Å². The van der Waals surface area contributed by atoms with Crippen LogP contribution >= 0.6 is 0 Å². The van der Waals surface area contributed by atoms with Crippen LogP contribution in [0.15, 0.2) is 217 Å². The summed E-state index contributed by atoms with van der Waals surface area (Å²) in [6.07, 6.45) is 0. The van der Waals surface area contributed by atoms with E-state index in [1.165, 1.54) is 0 Å². The Morgan fingerprint density at radius 1 is 0.357 bits per heavy atom. The SMILES string of the molecule is [2H]c1c([2H])c(N(c2ccc(-c3cccc4ccccc34)cc2)c2ccccc2-c2cccc3c2ccc2c4ccccc4oc32)c([2H])c([2H])c1-c1ccc2ccccc2c1. The van der Waals surface area contributed by atoms with E-state index in [4.69, 9.17) is 4.42 Å². The number of furan rings is 1. The molecule has 0 fully saturated rings. The minimum atomic E-state index is -0.131. The highest BCUT2D eigenvalue weighted by molar-refractivity contribution is 6.18. The lowest BCUT2D eigenvalue weighted by molar-refractivity contribution is 0.672. The Labute approximate surface area is 330 Å². The first-order valence-electron chi connectivity index (χ1n) is 20.8. The van der Waals surface area contributed by atoms with Gasteiger partial charge in [-0.25, -0.2) is 0 Å². The Morgan fingerprint density at radius 2 is 0.964 bits per heavy atom. The Hall–Kier alpha value is -7.42. The third-order valence-corrected chi connectivity index (χ3v) is 10.9. The van der Waals surface area contributed by atoms with Crippen molar-refractivity contribution >= 4 is 71.3 Å². The molecule has 56 heavy (non-hydrogen) atoms. The van der Waals surface area contributed by atoms with Gasteiger partial charge in [-0.05, 0) is 103 Å². The number of anilines is 3. The molecule has 0 aliphatic rings. The molecule has 0 amide bonds. The Bertz CT molecular complexity index is 3460. The zero-order valence-corrected chi connectivity index (χ0v) is 30.3.